The molecular formula is C29H29F5N2O5S. The summed E-state index contributed by atoms with van der Waals surface area (Å²) in [5.41, 5.74) is -4.03. The highest BCUT2D eigenvalue weighted by molar-refractivity contribution is 7.92. The van der Waals surface area contributed by atoms with Gasteiger partial charge in [0.1, 0.15) is 29.1 Å². The fourth-order valence-electron chi connectivity index (χ4n) is 4.57. The van der Waals surface area contributed by atoms with Crippen molar-refractivity contribution in [2.75, 3.05) is 10.8 Å². The molecule has 0 fully saturated rings. The Morgan fingerprint density at radius 1 is 1.02 bits per heavy atom. The van der Waals surface area contributed by atoms with Crippen LogP contribution in [0.5, 0.6) is 5.75 Å². The number of sulfonamides is 1. The molecule has 3 aromatic rings. The topological polar surface area (TPSA) is 95.9 Å². The Balaban J connectivity index is 1.80. The Morgan fingerprint density at radius 2 is 1.71 bits per heavy atom. The molecular weight excluding hydrogens is 583 g/mol. The predicted octanol–water partition coefficient (Wildman–Crippen LogP) is 5.66. The first-order valence-electron chi connectivity index (χ1n) is 12.8. The second-order valence-corrected chi connectivity index (χ2v) is 13.1. The lowest BCUT2D eigenvalue weighted by atomic mass is 9.94. The molecule has 4 rings (SSSR count). The van der Waals surface area contributed by atoms with E-state index in [1.807, 2.05) is 0 Å². The summed E-state index contributed by atoms with van der Waals surface area (Å²) < 4.78 is 104. The number of anilines is 1. The number of amides is 1. The summed E-state index contributed by atoms with van der Waals surface area (Å²) in [5.74, 6) is -2.17. The van der Waals surface area contributed by atoms with Gasteiger partial charge in [0.2, 0.25) is 0 Å². The molecule has 1 aliphatic heterocycles. The van der Waals surface area contributed by atoms with Crippen LogP contribution in [0.4, 0.5) is 27.6 Å². The minimum atomic E-state index is -4.80. The van der Waals surface area contributed by atoms with Crippen LogP contribution in [0.25, 0.3) is 11.1 Å². The van der Waals surface area contributed by atoms with E-state index in [2.05, 4.69) is 5.32 Å². The van der Waals surface area contributed by atoms with Crippen LogP contribution in [-0.2, 0) is 21.0 Å². The van der Waals surface area contributed by atoms with E-state index in [0.29, 0.717) is 6.07 Å². The van der Waals surface area contributed by atoms with Crippen LogP contribution < -0.4 is 14.4 Å². The predicted molar refractivity (Wildman–Crippen MR) is 145 cm³/mol. The van der Waals surface area contributed by atoms with Crippen molar-refractivity contribution in [3.8, 4) is 16.9 Å². The summed E-state index contributed by atoms with van der Waals surface area (Å²) in [7, 11) is -4.65. The normalized spacial score (nSPS) is 16.0. The molecule has 1 heterocycles. The molecule has 0 aliphatic carbocycles. The van der Waals surface area contributed by atoms with Crippen molar-refractivity contribution >= 4 is 21.6 Å². The Labute approximate surface area is 240 Å². The molecule has 226 valence electrons. The van der Waals surface area contributed by atoms with Crippen LogP contribution in [-0.4, -0.2) is 43.2 Å². The third-order valence-electron chi connectivity index (χ3n) is 6.63. The third kappa shape index (κ3) is 6.67. The van der Waals surface area contributed by atoms with E-state index in [0.717, 1.165) is 40.7 Å². The summed E-state index contributed by atoms with van der Waals surface area (Å²) in [4.78, 5) is 11.8. The van der Waals surface area contributed by atoms with Gasteiger partial charge in [0.15, 0.2) is 0 Å². The molecule has 7 nitrogen and oxygen atoms in total. The van der Waals surface area contributed by atoms with Crippen LogP contribution in [0, 0.1) is 11.6 Å². The van der Waals surface area contributed by atoms with E-state index >= 15 is 0 Å². The van der Waals surface area contributed by atoms with Crippen LogP contribution in [0.3, 0.4) is 0 Å². The lowest BCUT2D eigenvalue weighted by molar-refractivity contribution is -0.138. The average molecular weight is 613 g/mol. The Kier molecular flexibility index (Phi) is 8.06. The van der Waals surface area contributed by atoms with E-state index in [1.165, 1.54) is 32.0 Å². The SMILES string of the molecule is CC(C)(CC1CN(S(=O)(=O)c2cccc(C(F)(F)F)c2)c2cc(-c3cc(F)ccc3F)ccc2O1)NC(=O)C(C)(C)O. The smallest absolute Gasteiger partial charge is 0.416 e. The van der Waals surface area contributed by atoms with Crippen molar-refractivity contribution in [3.63, 3.8) is 0 Å². The van der Waals surface area contributed by atoms with Crippen molar-refractivity contribution in [3.05, 3.63) is 77.9 Å². The maximum atomic E-state index is 14.6. The number of aliphatic hydroxyl groups is 1. The first kappa shape index (κ1) is 31.2. The minimum Gasteiger partial charge on any atom is -0.486 e. The van der Waals surface area contributed by atoms with Gasteiger partial charge in [-0.05, 0) is 81.8 Å². The van der Waals surface area contributed by atoms with Crippen molar-refractivity contribution in [2.24, 2.45) is 0 Å². The van der Waals surface area contributed by atoms with Crippen molar-refractivity contribution in [1.82, 2.24) is 5.32 Å². The average Bonchev–Trinajstić information content (AvgIpc) is 2.88. The fourth-order valence-corrected chi connectivity index (χ4v) is 6.12. The van der Waals surface area contributed by atoms with Gasteiger partial charge in [-0.25, -0.2) is 17.2 Å². The zero-order valence-corrected chi connectivity index (χ0v) is 23.9. The number of alkyl halides is 3. The number of fused-ring (bicyclic) bond motifs is 1. The number of rotatable bonds is 7. The standard InChI is InChI=1S/C29H29F5N2O5S/c1-27(2,35-26(37)28(3,4)38)15-20-16-36(42(39,40)21-7-5-6-18(13-21)29(32,33)34)24-12-17(8-11-25(24)41-20)22-14-19(30)9-10-23(22)31/h5-14,20,38H,15-16H2,1-4H3,(H,35,37). The molecule has 0 bridgehead atoms. The zero-order chi connectivity index (χ0) is 31.3. The van der Waals surface area contributed by atoms with Crippen LogP contribution >= 0.6 is 0 Å². The maximum Gasteiger partial charge on any atom is 0.416 e. The summed E-state index contributed by atoms with van der Waals surface area (Å²) >= 11 is 0. The van der Waals surface area contributed by atoms with Gasteiger partial charge in [-0.15, -0.1) is 0 Å². The molecule has 0 saturated heterocycles. The number of halogens is 5. The van der Waals surface area contributed by atoms with E-state index in [4.69, 9.17) is 4.74 Å². The van der Waals surface area contributed by atoms with E-state index in [1.54, 1.807) is 13.8 Å². The number of ether oxygens (including phenoxy) is 1. The fraction of sp³-hybridized carbons (Fsp3) is 0.345. The highest BCUT2D eigenvalue weighted by atomic mass is 32.2. The molecule has 1 atom stereocenters. The second-order valence-electron chi connectivity index (χ2n) is 11.2. The second kappa shape index (κ2) is 10.8. The summed E-state index contributed by atoms with van der Waals surface area (Å²) in [6, 6.07) is 10.1. The molecule has 13 heteroatoms. The van der Waals surface area contributed by atoms with Crippen LogP contribution in [0.1, 0.15) is 39.7 Å². The van der Waals surface area contributed by atoms with E-state index < -0.39 is 61.4 Å². The molecule has 0 spiro atoms. The number of carbonyl (C=O) groups excluding carboxylic acids is 1. The number of nitrogens with one attached hydrogen (secondary N) is 1. The Hall–Kier alpha value is -3.71. The summed E-state index contributed by atoms with van der Waals surface area (Å²) in [6.45, 7) is 5.48. The first-order chi connectivity index (χ1) is 19.3. The molecule has 0 radical (unpaired) electrons. The number of carbonyl (C=O) groups is 1. The van der Waals surface area contributed by atoms with Gasteiger partial charge in [0.05, 0.1) is 22.7 Å². The highest BCUT2D eigenvalue weighted by Crippen LogP contribution is 2.42. The number of benzene rings is 3. The van der Waals surface area contributed by atoms with Gasteiger partial charge in [0.25, 0.3) is 15.9 Å². The molecule has 1 unspecified atom stereocenters. The van der Waals surface area contributed by atoms with E-state index in [9.17, 15) is 40.3 Å². The van der Waals surface area contributed by atoms with Gasteiger partial charge in [-0.3, -0.25) is 9.10 Å². The monoisotopic (exact) mass is 612 g/mol. The van der Waals surface area contributed by atoms with Gasteiger partial charge in [-0.1, -0.05) is 12.1 Å². The van der Waals surface area contributed by atoms with Gasteiger partial charge in [-0.2, -0.15) is 13.2 Å². The number of nitrogens with zero attached hydrogens (tertiary/aromatic N) is 1. The lowest BCUT2D eigenvalue weighted by Crippen LogP contribution is -2.55. The molecule has 1 aliphatic rings. The van der Waals surface area contributed by atoms with Crippen molar-refractivity contribution < 1.29 is 45.0 Å². The lowest BCUT2D eigenvalue weighted by Gasteiger charge is -2.39. The zero-order valence-electron chi connectivity index (χ0n) is 23.1. The molecule has 0 aromatic heterocycles. The van der Waals surface area contributed by atoms with Crippen molar-refractivity contribution in [1.29, 1.82) is 0 Å². The molecule has 2 N–H and O–H groups in total. The molecule has 3 aromatic carbocycles. The Morgan fingerprint density at radius 3 is 2.36 bits per heavy atom. The van der Waals surface area contributed by atoms with Gasteiger partial charge >= 0.3 is 6.18 Å². The van der Waals surface area contributed by atoms with Crippen LogP contribution in [0.15, 0.2) is 65.6 Å². The number of hydrogen-bond acceptors (Lipinski definition) is 5. The van der Waals surface area contributed by atoms with E-state index in [-0.39, 0.29) is 35.5 Å². The largest absolute Gasteiger partial charge is 0.486 e. The number of hydrogen-bond donors (Lipinski definition) is 2. The maximum absolute atomic E-state index is 14.6. The molecule has 0 saturated carbocycles. The van der Waals surface area contributed by atoms with Crippen molar-refractivity contribution in [2.45, 2.75) is 62.4 Å². The highest BCUT2D eigenvalue weighted by Gasteiger charge is 2.40. The summed E-state index contributed by atoms with van der Waals surface area (Å²) in [6.07, 6.45) is -5.68. The summed E-state index contributed by atoms with van der Waals surface area (Å²) in [5, 5.41) is 12.7. The van der Waals surface area contributed by atoms with Gasteiger partial charge in [0, 0.05) is 17.5 Å². The molecule has 1 amide bonds. The molecule has 42 heavy (non-hydrogen) atoms. The third-order valence-corrected chi connectivity index (χ3v) is 8.40. The van der Waals surface area contributed by atoms with Gasteiger partial charge < -0.3 is 15.2 Å². The minimum absolute atomic E-state index is 0.0203. The Bertz CT molecular complexity index is 1620. The van der Waals surface area contributed by atoms with Crippen LogP contribution in [0.2, 0.25) is 0 Å². The quantitative estimate of drug-likeness (QED) is 0.336. The first-order valence-corrected chi connectivity index (χ1v) is 14.2.